The van der Waals surface area contributed by atoms with E-state index in [0.717, 1.165) is 39.9 Å². The van der Waals surface area contributed by atoms with E-state index in [4.69, 9.17) is 4.74 Å². The molecular formula is C21H21N5O2S. The number of aromatic nitrogens is 4. The number of unbranched alkanes of at least 4 members (excludes halogenated alkanes) is 1. The number of nitrogens with one attached hydrogen (secondary N) is 1. The van der Waals surface area contributed by atoms with Gasteiger partial charge in [0.2, 0.25) is 4.96 Å². The molecule has 2 aromatic carbocycles. The van der Waals surface area contributed by atoms with Crippen LogP contribution < -0.4 is 10.1 Å². The Balaban J connectivity index is 1.53. The summed E-state index contributed by atoms with van der Waals surface area (Å²) in [5.41, 5.74) is 2.11. The minimum atomic E-state index is -0.184. The van der Waals surface area contributed by atoms with Crippen LogP contribution in [0.15, 0.2) is 48.5 Å². The number of hydrogen-bond acceptors (Lipinski definition) is 6. The Morgan fingerprint density at radius 2 is 1.93 bits per heavy atom. The first-order valence-electron chi connectivity index (χ1n) is 9.48. The van der Waals surface area contributed by atoms with E-state index in [1.54, 1.807) is 16.6 Å². The van der Waals surface area contributed by atoms with E-state index in [-0.39, 0.29) is 5.91 Å². The molecule has 0 aliphatic carbocycles. The lowest BCUT2D eigenvalue weighted by Crippen LogP contribution is -2.12. The number of anilines is 1. The van der Waals surface area contributed by atoms with Gasteiger partial charge < -0.3 is 10.1 Å². The molecule has 8 heteroatoms. The lowest BCUT2D eigenvalue weighted by Gasteiger charge is -2.10. The van der Waals surface area contributed by atoms with Gasteiger partial charge in [-0.2, -0.15) is 9.61 Å². The number of para-hydroxylation sites is 1. The van der Waals surface area contributed by atoms with Crippen molar-refractivity contribution in [1.82, 2.24) is 19.8 Å². The molecule has 1 N–H and O–H groups in total. The van der Waals surface area contributed by atoms with Crippen molar-refractivity contribution >= 4 is 27.9 Å². The number of benzene rings is 2. The molecule has 0 aliphatic rings. The number of ether oxygens (including phenoxy) is 1. The Kier molecular flexibility index (Phi) is 5.53. The van der Waals surface area contributed by atoms with Crippen LogP contribution in [0.3, 0.4) is 0 Å². The fourth-order valence-electron chi connectivity index (χ4n) is 2.83. The van der Waals surface area contributed by atoms with Crippen molar-refractivity contribution in [3.8, 4) is 16.3 Å². The molecule has 4 rings (SSSR count). The Labute approximate surface area is 172 Å². The lowest BCUT2D eigenvalue weighted by atomic mass is 10.1. The molecule has 2 aromatic heterocycles. The zero-order chi connectivity index (χ0) is 20.2. The molecule has 0 spiro atoms. The van der Waals surface area contributed by atoms with Gasteiger partial charge in [-0.05, 0) is 49.7 Å². The normalized spacial score (nSPS) is 11.0. The Hall–Kier alpha value is -3.26. The van der Waals surface area contributed by atoms with Gasteiger partial charge in [0.15, 0.2) is 5.82 Å². The molecule has 0 saturated heterocycles. The molecule has 0 fully saturated rings. The van der Waals surface area contributed by atoms with Crippen LogP contribution in [0.4, 0.5) is 5.69 Å². The first-order chi connectivity index (χ1) is 14.2. The van der Waals surface area contributed by atoms with Gasteiger partial charge in [0.25, 0.3) is 5.91 Å². The van der Waals surface area contributed by atoms with Crippen LogP contribution in [0.25, 0.3) is 15.5 Å². The highest BCUT2D eigenvalue weighted by atomic mass is 32.1. The SMILES string of the molecule is CCCCOc1ccc(C(=O)Nc2ccccc2-c2nn3c(C)nnc3s2)cc1. The first kappa shape index (κ1) is 19.1. The number of rotatable bonds is 7. The van der Waals surface area contributed by atoms with Crippen LogP contribution in [0.2, 0.25) is 0 Å². The molecule has 0 unspecified atom stereocenters. The van der Waals surface area contributed by atoms with Crippen LogP contribution in [-0.4, -0.2) is 32.3 Å². The summed E-state index contributed by atoms with van der Waals surface area (Å²) in [6, 6.07) is 14.8. The number of hydrogen-bond donors (Lipinski definition) is 1. The molecular weight excluding hydrogens is 386 g/mol. The second kappa shape index (κ2) is 8.40. The summed E-state index contributed by atoms with van der Waals surface area (Å²) >= 11 is 1.43. The summed E-state index contributed by atoms with van der Waals surface area (Å²) in [4.78, 5) is 13.5. The number of carbonyl (C=O) groups excluding carboxylic acids is 1. The highest BCUT2D eigenvalue weighted by molar-refractivity contribution is 7.19. The lowest BCUT2D eigenvalue weighted by molar-refractivity contribution is 0.102. The number of carbonyl (C=O) groups is 1. The summed E-state index contributed by atoms with van der Waals surface area (Å²) in [5.74, 6) is 1.31. The molecule has 1 amide bonds. The van der Waals surface area contributed by atoms with Crippen LogP contribution in [0.5, 0.6) is 5.75 Å². The number of fused-ring (bicyclic) bond motifs is 1. The van der Waals surface area contributed by atoms with Gasteiger partial charge >= 0.3 is 0 Å². The molecule has 148 valence electrons. The van der Waals surface area contributed by atoms with Gasteiger partial charge in [-0.3, -0.25) is 4.79 Å². The smallest absolute Gasteiger partial charge is 0.255 e. The minimum Gasteiger partial charge on any atom is -0.494 e. The second-order valence-corrected chi connectivity index (χ2v) is 7.53. The zero-order valence-corrected chi connectivity index (χ0v) is 17.1. The van der Waals surface area contributed by atoms with Gasteiger partial charge in [-0.15, -0.1) is 10.2 Å². The van der Waals surface area contributed by atoms with E-state index in [1.165, 1.54) is 11.3 Å². The summed E-state index contributed by atoms with van der Waals surface area (Å²) < 4.78 is 7.36. The van der Waals surface area contributed by atoms with E-state index >= 15 is 0 Å². The zero-order valence-electron chi connectivity index (χ0n) is 16.3. The minimum absolute atomic E-state index is 0.184. The molecule has 4 aromatic rings. The van der Waals surface area contributed by atoms with Crippen molar-refractivity contribution in [1.29, 1.82) is 0 Å². The van der Waals surface area contributed by atoms with Crippen LogP contribution in [-0.2, 0) is 0 Å². The Bertz CT molecular complexity index is 1130. The third kappa shape index (κ3) is 4.12. The average molecular weight is 407 g/mol. The van der Waals surface area contributed by atoms with E-state index in [0.29, 0.717) is 17.9 Å². The van der Waals surface area contributed by atoms with E-state index in [2.05, 4.69) is 27.5 Å². The van der Waals surface area contributed by atoms with Crippen molar-refractivity contribution < 1.29 is 9.53 Å². The predicted molar refractivity (Wildman–Crippen MR) is 114 cm³/mol. The summed E-state index contributed by atoms with van der Waals surface area (Å²) in [6.07, 6.45) is 2.09. The molecule has 7 nitrogen and oxygen atoms in total. The average Bonchev–Trinajstić information content (AvgIpc) is 3.31. The van der Waals surface area contributed by atoms with Crippen molar-refractivity contribution in [2.75, 3.05) is 11.9 Å². The van der Waals surface area contributed by atoms with Crippen LogP contribution in [0.1, 0.15) is 35.9 Å². The first-order valence-corrected chi connectivity index (χ1v) is 10.3. The van der Waals surface area contributed by atoms with Gasteiger partial charge in [0, 0.05) is 11.1 Å². The maximum atomic E-state index is 12.7. The summed E-state index contributed by atoms with van der Waals surface area (Å²) in [5, 5.41) is 16.5. The van der Waals surface area contributed by atoms with E-state index in [9.17, 15) is 4.79 Å². The predicted octanol–water partition coefficient (Wildman–Crippen LogP) is 4.59. The molecule has 2 heterocycles. The fraction of sp³-hybridized carbons (Fsp3) is 0.238. The second-order valence-electron chi connectivity index (χ2n) is 6.57. The van der Waals surface area contributed by atoms with Crippen molar-refractivity contribution in [2.24, 2.45) is 0 Å². The molecule has 0 saturated carbocycles. The third-order valence-corrected chi connectivity index (χ3v) is 5.37. The van der Waals surface area contributed by atoms with Crippen LogP contribution in [0, 0.1) is 6.92 Å². The summed E-state index contributed by atoms with van der Waals surface area (Å²) in [6.45, 7) is 4.66. The fourth-order valence-corrected chi connectivity index (χ4v) is 3.76. The maximum Gasteiger partial charge on any atom is 0.255 e. The third-order valence-electron chi connectivity index (χ3n) is 4.44. The number of aryl methyl sites for hydroxylation is 1. The standard InChI is InChI=1S/C21H21N5O2S/c1-3-4-13-28-16-11-9-15(10-12-16)19(27)22-18-8-6-5-7-17(18)20-25-26-14(2)23-24-21(26)29-20/h5-12H,3-4,13H2,1-2H3,(H,22,27). The maximum absolute atomic E-state index is 12.7. The highest BCUT2D eigenvalue weighted by Gasteiger charge is 2.15. The van der Waals surface area contributed by atoms with Gasteiger partial charge in [0.1, 0.15) is 10.8 Å². The van der Waals surface area contributed by atoms with Crippen molar-refractivity contribution in [3.05, 3.63) is 59.9 Å². The van der Waals surface area contributed by atoms with Crippen molar-refractivity contribution in [2.45, 2.75) is 26.7 Å². The monoisotopic (exact) mass is 407 g/mol. The van der Waals surface area contributed by atoms with E-state index < -0.39 is 0 Å². The molecule has 0 atom stereocenters. The highest BCUT2D eigenvalue weighted by Crippen LogP contribution is 2.31. The van der Waals surface area contributed by atoms with E-state index in [1.807, 2.05) is 43.3 Å². The van der Waals surface area contributed by atoms with Crippen LogP contribution >= 0.6 is 11.3 Å². The van der Waals surface area contributed by atoms with Crippen molar-refractivity contribution in [3.63, 3.8) is 0 Å². The summed E-state index contributed by atoms with van der Waals surface area (Å²) in [7, 11) is 0. The largest absolute Gasteiger partial charge is 0.494 e. The van der Waals surface area contributed by atoms with Gasteiger partial charge in [-0.1, -0.05) is 36.8 Å². The quantitative estimate of drug-likeness (QED) is 0.453. The van der Waals surface area contributed by atoms with Gasteiger partial charge in [0.05, 0.1) is 12.3 Å². The Morgan fingerprint density at radius 1 is 1.14 bits per heavy atom. The number of nitrogens with zero attached hydrogens (tertiary/aromatic N) is 4. The Morgan fingerprint density at radius 3 is 2.69 bits per heavy atom. The molecule has 0 aliphatic heterocycles. The molecule has 29 heavy (non-hydrogen) atoms. The van der Waals surface area contributed by atoms with Gasteiger partial charge in [-0.25, -0.2) is 0 Å². The molecule has 0 bridgehead atoms. The molecule has 0 radical (unpaired) electrons. The number of amides is 1. The topological polar surface area (TPSA) is 81.4 Å².